The predicted molar refractivity (Wildman–Crippen MR) is 91.7 cm³/mol. The Morgan fingerprint density at radius 3 is 2.81 bits per heavy atom. The molecule has 0 amide bonds. The molecule has 1 aliphatic heterocycles. The van der Waals surface area contributed by atoms with Crippen molar-refractivity contribution >= 4 is 0 Å². The van der Waals surface area contributed by atoms with E-state index in [0.29, 0.717) is 6.04 Å². The van der Waals surface area contributed by atoms with E-state index in [0.717, 1.165) is 12.6 Å². The second-order valence-electron chi connectivity index (χ2n) is 6.49. The van der Waals surface area contributed by atoms with Crippen molar-refractivity contribution < 1.29 is 0 Å². The zero-order chi connectivity index (χ0) is 15.1. The molecule has 2 nitrogen and oxygen atoms in total. The Hall–Kier alpha value is -0.860. The van der Waals surface area contributed by atoms with Crippen LogP contribution in [0, 0.1) is 6.92 Å². The maximum Gasteiger partial charge on any atom is 0.0334 e. The minimum Gasteiger partial charge on any atom is -0.310 e. The first-order valence-corrected chi connectivity index (χ1v) is 8.75. The van der Waals surface area contributed by atoms with Crippen LogP contribution in [0.5, 0.6) is 0 Å². The van der Waals surface area contributed by atoms with E-state index in [4.69, 9.17) is 0 Å². The lowest BCUT2D eigenvalue weighted by Gasteiger charge is -2.29. The fraction of sp³-hybridized carbons (Fsp3) is 0.684. The number of likely N-dealkylation sites (tertiary alicyclic amines) is 1. The highest BCUT2D eigenvalue weighted by Crippen LogP contribution is 2.23. The zero-order valence-corrected chi connectivity index (χ0v) is 14.1. The largest absolute Gasteiger partial charge is 0.310 e. The first kappa shape index (κ1) is 16.5. The molecule has 1 heterocycles. The molecule has 2 unspecified atom stereocenters. The molecular formula is C19H32N2. The van der Waals surface area contributed by atoms with E-state index < -0.39 is 0 Å². The molecule has 118 valence electrons. The number of hydrogen-bond acceptors (Lipinski definition) is 2. The smallest absolute Gasteiger partial charge is 0.0334 e. The van der Waals surface area contributed by atoms with Gasteiger partial charge in [-0.05, 0) is 57.3 Å². The molecule has 0 saturated carbocycles. The Labute approximate surface area is 130 Å². The summed E-state index contributed by atoms with van der Waals surface area (Å²) in [4.78, 5) is 2.70. The molecule has 1 saturated heterocycles. The molecule has 0 spiro atoms. The summed E-state index contributed by atoms with van der Waals surface area (Å²) in [5.74, 6) is 0. The normalized spacial score (nSPS) is 22.0. The van der Waals surface area contributed by atoms with Crippen molar-refractivity contribution in [3.05, 3.63) is 35.4 Å². The monoisotopic (exact) mass is 288 g/mol. The molecule has 1 aromatic carbocycles. The van der Waals surface area contributed by atoms with Gasteiger partial charge < -0.3 is 10.2 Å². The summed E-state index contributed by atoms with van der Waals surface area (Å²) in [6.07, 6.45) is 6.78. The van der Waals surface area contributed by atoms with Crippen LogP contribution >= 0.6 is 0 Å². The number of benzene rings is 1. The van der Waals surface area contributed by atoms with Crippen LogP contribution in [0.4, 0.5) is 0 Å². The van der Waals surface area contributed by atoms with E-state index in [1.807, 2.05) is 0 Å². The van der Waals surface area contributed by atoms with Crippen molar-refractivity contribution in [2.24, 2.45) is 0 Å². The quantitative estimate of drug-likeness (QED) is 0.839. The molecule has 2 atom stereocenters. The minimum absolute atomic E-state index is 0.492. The van der Waals surface area contributed by atoms with Crippen molar-refractivity contribution in [1.29, 1.82) is 0 Å². The highest BCUT2D eigenvalue weighted by Gasteiger charge is 2.19. The third-order valence-corrected chi connectivity index (χ3v) is 4.91. The average Bonchev–Trinajstić information content (AvgIpc) is 2.69. The first-order chi connectivity index (χ1) is 10.2. The van der Waals surface area contributed by atoms with Crippen LogP contribution in [-0.2, 0) is 0 Å². The lowest BCUT2D eigenvalue weighted by atomic mass is 9.98. The van der Waals surface area contributed by atoms with Gasteiger partial charge in [-0.15, -0.1) is 0 Å². The second-order valence-corrected chi connectivity index (χ2v) is 6.49. The summed E-state index contributed by atoms with van der Waals surface area (Å²) in [5, 5.41) is 3.68. The number of aryl methyl sites for hydroxylation is 1. The molecule has 0 radical (unpaired) electrons. The van der Waals surface area contributed by atoms with E-state index >= 15 is 0 Å². The molecule has 1 aliphatic rings. The fourth-order valence-electron chi connectivity index (χ4n) is 3.55. The average molecular weight is 288 g/mol. The van der Waals surface area contributed by atoms with Gasteiger partial charge in [-0.3, -0.25) is 0 Å². The maximum atomic E-state index is 3.68. The summed E-state index contributed by atoms with van der Waals surface area (Å²) in [6, 6.07) is 10.1. The molecule has 1 N–H and O–H groups in total. The number of nitrogens with zero attached hydrogens (tertiary/aromatic N) is 1. The first-order valence-electron chi connectivity index (χ1n) is 8.75. The fourth-order valence-corrected chi connectivity index (χ4v) is 3.55. The lowest BCUT2D eigenvalue weighted by molar-refractivity contribution is 0.202. The Morgan fingerprint density at radius 2 is 2.05 bits per heavy atom. The highest BCUT2D eigenvalue weighted by molar-refractivity contribution is 5.28. The molecule has 2 rings (SSSR count). The Kier molecular flexibility index (Phi) is 6.72. The number of nitrogens with one attached hydrogen (secondary N) is 1. The predicted octanol–water partition coefficient (Wildman–Crippen LogP) is 4.30. The van der Waals surface area contributed by atoms with Crippen LogP contribution in [0.2, 0.25) is 0 Å². The molecule has 1 fully saturated rings. The summed E-state index contributed by atoms with van der Waals surface area (Å²) in [6.45, 7) is 10.4. The summed E-state index contributed by atoms with van der Waals surface area (Å²) >= 11 is 0. The van der Waals surface area contributed by atoms with Gasteiger partial charge in [-0.2, -0.15) is 0 Å². The van der Waals surface area contributed by atoms with Crippen LogP contribution in [0.3, 0.4) is 0 Å². The lowest BCUT2D eigenvalue weighted by Crippen LogP contribution is -2.35. The minimum atomic E-state index is 0.492. The third-order valence-electron chi connectivity index (χ3n) is 4.91. The van der Waals surface area contributed by atoms with Gasteiger partial charge in [-0.25, -0.2) is 0 Å². The van der Waals surface area contributed by atoms with E-state index in [1.54, 1.807) is 0 Å². The zero-order valence-electron chi connectivity index (χ0n) is 14.1. The van der Waals surface area contributed by atoms with Gasteiger partial charge in [-0.1, -0.05) is 44.0 Å². The van der Waals surface area contributed by atoms with Crippen LogP contribution in [0.25, 0.3) is 0 Å². The third kappa shape index (κ3) is 4.82. The molecular weight excluding hydrogens is 256 g/mol. The van der Waals surface area contributed by atoms with E-state index in [9.17, 15) is 0 Å². The van der Waals surface area contributed by atoms with E-state index in [-0.39, 0.29) is 0 Å². The Morgan fingerprint density at radius 1 is 1.24 bits per heavy atom. The van der Waals surface area contributed by atoms with Gasteiger partial charge in [0.05, 0.1) is 0 Å². The van der Waals surface area contributed by atoms with Crippen molar-refractivity contribution in [2.75, 3.05) is 19.6 Å². The second kappa shape index (κ2) is 8.55. The highest BCUT2D eigenvalue weighted by atomic mass is 15.1. The van der Waals surface area contributed by atoms with Gasteiger partial charge in [0, 0.05) is 18.6 Å². The van der Waals surface area contributed by atoms with Crippen LogP contribution in [0.1, 0.15) is 63.1 Å². The number of hydrogen-bond donors (Lipinski definition) is 1. The van der Waals surface area contributed by atoms with Crippen LogP contribution < -0.4 is 5.32 Å². The topological polar surface area (TPSA) is 15.3 Å². The van der Waals surface area contributed by atoms with Crippen molar-refractivity contribution in [3.8, 4) is 0 Å². The molecule has 2 heteroatoms. The van der Waals surface area contributed by atoms with Crippen molar-refractivity contribution in [3.63, 3.8) is 0 Å². The Balaban J connectivity index is 1.98. The summed E-state index contributed by atoms with van der Waals surface area (Å²) in [7, 11) is 0. The van der Waals surface area contributed by atoms with Gasteiger partial charge in [0.1, 0.15) is 0 Å². The van der Waals surface area contributed by atoms with Gasteiger partial charge in [0.2, 0.25) is 0 Å². The van der Waals surface area contributed by atoms with E-state index in [2.05, 4.69) is 55.3 Å². The summed E-state index contributed by atoms with van der Waals surface area (Å²) in [5.41, 5.74) is 2.88. The van der Waals surface area contributed by atoms with Gasteiger partial charge >= 0.3 is 0 Å². The van der Waals surface area contributed by atoms with Crippen molar-refractivity contribution in [2.45, 2.75) is 65.0 Å². The molecule has 0 aromatic heterocycles. The molecule has 1 aromatic rings. The molecule has 0 bridgehead atoms. The van der Waals surface area contributed by atoms with Gasteiger partial charge in [0.15, 0.2) is 0 Å². The molecule has 0 aliphatic carbocycles. The molecule has 21 heavy (non-hydrogen) atoms. The standard InChI is InChI=1S/C19H32N2/c1-4-20-19(18-12-8-7-10-16(18)2)13-15-21-14-9-5-6-11-17(21)3/h7-8,10,12,17,19-20H,4-6,9,11,13-15H2,1-3H3. The number of rotatable bonds is 6. The maximum absolute atomic E-state index is 3.68. The van der Waals surface area contributed by atoms with Crippen LogP contribution in [0.15, 0.2) is 24.3 Å². The SMILES string of the molecule is CCNC(CCN1CCCCCC1C)c1ccccc1C. The summed E-state index contributed by atoms with van der Waals surface area (Å²) < 4.78 is 0. The Bertz CT molecular complexity index is 416. The van der Waals surface area contributed by atoms with Gasteiger partial charge in [0.25, 0.3) is 0 Å². The van der Waals surface area contributed by atoms with Crippen LogP contribution in [-0.4, -0.2) is 30.6 Å². The van der Waals surface area contributed by atoms with Crippen molar-refractivity contribution in [1.82, 2.24) is 10.2 Å². The van der Waals surface area contributed by atoms with E-state index in [1.165, 1.54) is 56.3 Å².